The predicted octanol–water partition coefficient (Wildman–Crippen LogP) is 0.824. The summed E-state index contributed by atoms with van der Waals surface area (Å²) in [4.78, 5) is 14.8. The molecule has 0 aromatic heterocycles. The van der Waals surface area contributed by atoms with Crippen molar-refractivity contribution >= 4 is 5.78 Å². The molecular weight excluding hydrogens is 294 g/mol. The SMILES string of the molecule is COc1ccc2c3c1OC1C(=O)C=CC4(O)C(C2)N(C)CC[C@]314. The second-order valence-electron chi connectivity index (χ2n) is 7.11. The highest BCUT2D eigenvalue weighted by Crippen LogP contribution is 2.63. The van der Waals surface area contributed by atoms with Crippen LogP contribution in [0.25, 0.3) is 0 Å². The van der Waals surface area contributed by atoms with Crippen LogP contribution in [0.5, 0.6) is 11.5 Å². The maximum absolute atomic E-state index is 12.6. The first-order valence-corrected chi connectivity index (χ1v) is 8.05. The number of rotatable bonds is 1. The van der Waals surface area contributed by atoms with Gasteiger partial charge in [0.05, 0.1) is 12.5 Å². The summed E-state index contributed by atoms with van der Waals surface area (Å²) in [5.41, 5.74) is 0.385. The van der Waals surface area contributed by atoms with Gasteiger partial charge in [0.25, 0.3) is 0 Å². The first-order valence-electron chi connectivity index (χ1n) is 8.05. The van der Waals surface area contributed by atoms with E-state index in [1.807, 2.05) is 13.1 Å². The van der Waals surface area contributed by atoms with Gasteiger partial charge in [-0.15, -0.1) is 0 Å². The summed E-state index contributed by atoms with van der Waals surface area (Å²) in [7, 11) is 3.65. The highest BCUT2D eigenvalue weighted by molar-refractivity contribution is 5.99. The van der Waals surface area contributed by atoms with Gasteiger partial charge in [-0.05, 0) is 50.2 Å². The lowest BCUT2D eigenvalue weighted by Crippen LogP contribution is -2.74. The third-order valence-electron chi connectivity index (χ3n) is 6.34. The second-order valence-corrected chi connectivity index (χ2v) is 7.11. The minimum absolute atomic E-state index is 0.0430. The summed E-state index contributed by atoms with van der Waals surface area (Å²) in [6, 6.07) is 3.92. The zero-order valence-corrected chi connectivity index (χ0v) is 13.2. The molecule has 2 bridgehead atoms. The van der Waals surface area contributed by atoms with Gasteiger partial charge in [0.2, 0.25) is 0 Å². The molecule has 0 amide bonds. The molecule has 1 N–H and O–H groups in total. The van der Waals surface area contributed by atoms with E-state index in [4.69, 9.17) is 9.47 Å². The summed E-state index contributed by atoms with van der Waals surface area (Å²) >= 11 is 0. The molecule has 23 heavy (non-hydrogen) atoms. The minimum Gasteiger partial charge on any atom is -0.493 e. The highest BCUT2D eigenvalue weighted by Gasteiger charge is 2.71. The van der Waals surface area contributed by atoms with E-state index in [9.17, 15) is 9.90 Å². The molecule has 2 aliphatic heterocycles. The van der Waals surface area contributed by atoms with Crippen LogP contribution < -0.4 is 9.47 Å². The number of hydrogen-bond acceptors (Lipinski definition) is 5. The van der Waals surface area contributed by atoms with Gasteiger partial charge in [-0.1, -0.05) is 6.07 Å². The lowest BCUT2D eigenvalue weighted by atomic mass is 9.51. The third kappa shape index (κ3) is 1.28. The molecule has 1 aromatic rings. The molecule has 0 saturated carbocycles. The Labute approximate surface area is 134 Å². The third-order valence-corrected chi connectivity index (χ3v) is 6.34. The Morgan fingerprint density at radius 2 is 2.26 bits per heavy atom. The van der Waals surface area contributed by atoms with Crippen molar-refractivity contribution in [2.45, 2.75) is 36.0 Å². The van der Waals surface area contributed by atoms with Crippen molar-refractivity contribution in [2.24, 2.45) is 0 Å². The normalized spacial score (nSPS) is 39.9. The van der Waals surface area contributed by atoms with Gasteiger partial charge < -0.3 is 14.6 Å². The van der Waals surface area contributed by atoms with Crippen molar-refractivity contribution in [3.63, 3.8) is 0 Å². The Hall–Kier alpha value is -1.85. The van der Waals surface area contributed by atoms with E-state index in [0.717, 1.165) is 24.1 Å². The highest BCUT2D eigenvalue weighted by atomic mass is 16.5. The summed E-state index contributed by atoms with van der Waals surface area (Å²) < 4.78 is 11.6. The van der Waals surface area contributed by atoms with Crippen LogP contribution in [0, 0.1) is 0 Å². The fourth-order valence-corrected chi connectivity index (χ4v) is 5.28. The average molecular weight is 313 g/mol. The number of hydrogen-bond donors (Lipinski definition) is 1. The van der Waals surface area contributed by atoms with E-state index in [1.165, 1.54) is 6.08 Å². The summed E-state index contributed by atoms with van der Waals surface area (Å²) in [5, 5.41) is 11.7. The molecule has 120 valence electrons. The number of nitrogens with zero attached hydrogens (tertiary/aromatic N) is 1. The van der Waals surface area contributed by atoms with E-state index >= 15 is 0 Å². The molecule has 1 aromatic carbocycles. The zero-order chi connectivity index (χ0) is 16.0. The van der Waals surface area contributed by atoms with Crippen LogP contribution in [0.3, 0.4) is 0 Å². The van der Waals surface area contributed by atoms with Crippen LogP contribution in [0.1, 0.15) is 17.5 Å². The first-order chi connectivity index (χ1) is 11.0. The van der Waals surface area contributed by atoms with Crippen molar-refractivity contribution in [3.05, 3.63) is 35.4 Å². The molecule has 1 spiro atoms. The van der Waals surface area contributed by atoms with E-state index in [2.05, 4.69) is 11.0 Å². The quantitative estimate of drug-likeness (QED) is 0.832. The molecule has 5 heteroatoms. The Morgan fingerprint density at radius 3 is 3.04 bits per heavy atom. The first kappa shape index (κ1) is 13.6. The molecule has 4 atom stereocenters. The molecule has 5 nitrogen and oxygen atoms in total. The fourth-order valence-electron chi connectivity index (χ4n) is 5.28. The maximum atomic E-state index is 12.6. The number of benzene rings is 1. The van der Waals surface area contributed by atoms with Crippen LogP contribution in [0.15, 0.2) is 24.3 Å². The van der Waals surface area contributed by atoms with Gasteiger partial charge in [0.15, 0.2) is 23.4 Å². The Bertz CT molecular complexity index is 773. The van der Waals surface area contributed by atoms with Crippen LogP contribution in [0.4, 0.5) is 0 Å². The monoisotopic (exact) mass is 313 g/mol. The number of likely N-dealkylation sites (tertiary alicyclic amines) is 1. The summed E-state index contributed by atoms with van der Waals surface area (Å²) in [6.45, 7) is 0.837. The number of ether oxygens (including phenoxy) is 2. The Balaban J connectivity index is 1.89. The minimum atomic E-state index is -1.08. The van der Waals surface area contributed by atoms with Gasteiger partial charge >= 0.3 is 0 Å². The van der Waals surface area contributed by atoms with Gasteiger partial charge in [0.1, 0.15) is 5.60 Å². The topological polar surface area (TPSA) is 59.0 Å². The van der Waals surface area contributed by atoms with E-state index < -0.39 is 17.1 Å². The largest absolute Gasteiger partial charge is 0.493 e. The molecule has 2 aliphatic carbocycles. The number of carbonyl (C=O) groups excluding carboxylic acids is 1. The number of ketones is 1. The fraction of sp³-hybridized carbons (Fsp3) is 0.500. The van der Waals surface area contributed by atoms with Gasteiger partial charge in [-0.3, -0.25) is 9.69 Å². The molecule has 5 rings (SSSR count). The molecule has 4 aliphatic rings. The molecule has 0 radical (unpaired) electrons. The van der Waals surface area contributed by atoms with Crippen LogP contribution >= 0.6 is 0 Å². The smallest absolute Gasteiger partial charge is 0.196 e. The summed E-state index contributed by atoms with van der Waals surface area (Å²) in [6.07, 6.45) is 4.00. The van der Waals surface area contributed by atoms with Crippen LogP contribution in [0.2, 0.25) is 0 Å². The standard InChI is InChI=1S/C18H19NO4/c1-19-8-7-17-14-10-3-4-12(22-2)15(14)23-16(17)11(20)5-6-18(17,21)13(19)9-10/h3-6,13,16,21H,7-9H2,1-2H3/t13?,16?,17-,18?/m0/s1. The number of piperidine rings is 1. The number of methoxy groups -OCH3 is 1. The lowest BCUT2D eigenvalue weighted by molar-refractivity contribution is -0.151. The molecular formula is C18H19NO4. The van der Waals surface area contributed by atoms with E-state index in [0.29, 0.717) is 17.9 Å². The van der Waals surface area contributed by atoms with Crippen LogP contribution in [-0.2, 0) is 16.6 Å². The number of carbonyl (C=O) groups is 1. The predicted molar refractivity (Wildman–Crippen MR) is 82.9 cm³/mol. The Kier molecular flexibility index (Phi) is 2.34. The summed E-state index contributed by atoms with van der Waals surface area (Å²) in [5.74, 6) is 1.22. The maximum Gasteiger partial charge on any atom is 0.196 e. The molecule has 1 saturated heterocycles. The van der Waals surface area contributed by atoms with E-state index in [-0.39, 0.29) is 11.8 Å². The van der Waals surface area contributed by atoms with Gasteiger partial charge in [-0.25, -0.2) is 0 Å². The van der Waals surface area contributed by atoms with Crippen molar-refractivity contribution in [1.82, 2.24) is 4.90 Å². The van der Waals surface area contributed by atoms with Crippen LogP contribution in [-0.4, -0.2) is 54.2 Å². The van der Waals surface area contributed by atoms with Gasteiger partial charge in [0, 0.05) is 11.6 Å². The Morgan fingerprint density at radius 1 is 1.43 bits per heavy atom. The number of aliphatic hydroxyl groups is 1. The molecule has 1 fully saturated rings. The lowest BCUT2D eigenvalue weighted by Gasteiger charge is -2.60. The zero-order valence-electron chi connectivity index (χ0n) is 13.2. The van der Waals surface area contributed by atoms with Crippen molar-refractivity contribution in [3.8, 4) is 11.5 Å². The van der Waals surface area contributed by atoms with Crippen molar-refractivity contribution in [1.29, 1.82) is 0 Å². The molecule has 2 heterocycles. The second kappa shape index (κ2) is 3.97. The molecule has 3 unspecified atom stereocenters. The van der Waals surface area contributed by atoms with E-state index in [1.54, 1.807) is 13.2 Å². The number of likely N-dealkylation sites (N-methyl/N-ethyl adjacent to an activating group) is 1. The average Bonchev–Trinajstić information content (AvgIpc) is 2.90. The van der Waals surface area contributed by atoms with Crippen molar-refractivity contribution in [2.75, 3.05) is 20.7 Å². The van der Waals surface area contributed by atoms with Crippen molar-refractivity contribution < 1.29 is 19.4 Å². The van der Waals surface area contributed by atoms with Gasteiger partial charge in [-0.2, -0.15) is 0 Å².